The minimum Gasteiger partial charge on any atom is -0.506 e. The van der Waals surface area contributed by atoms with Crippen LogP contribution in [0, 0.1) is 0 Å². The third kappa shape index (κ3) is 3.95. The predicted octanol–water partition coefficient (Wildman–Crippen LogP) is 2.07. The smallest absolute Gasteiger partial charge is 0.260 e. The SMILES string of the molecule is C[N+](C)(C)CCOc1nn2ccccc2c1N=C1C=CC(=O)C=C1O. The number of hydrogen-bond donors (Lipinski definition) is 1. The molecule has 130 valence electrons. The van der Waals surface area contributed by atoms with E-state index in [0.717, 1.165) is 22.6 Å². The Labute approximate surface area is 145 Å². The van der Waals surface area contributed by atoms with Crippen molar-refractivity contribution in [2.45, 2.75) is 0 Å². The number of quaternary nitrogens is 1. The molecule has 0 spiro atoms. The van der Waals surface area contributed by atoms with E-state index in [0.29, 0.717) is 23.9 Å². The van der Waals surface area contributed by atoms with Crippen LogP contribution in [0.15, 0.2) is 53.4 Å². The van der Waals surface area contributed by atoms with E-state index in [1.807, 2.05) is 24.4 Å². The summed E-state index contributed by atoms with van der Waals surface area (Å²) in [4.78, 5) is 15.8. The van der Waals surface area contributed by atoms with E-state index in [-0.39, 0.29) is 11.5 Å². The Hall–Kier alpha value is -2.93. The summed E-state index contributed by atoms with van der Waals surface area (Å²) in [6, 6.07) is 5.62. The molecular formula is C18H21N4O3+. The van der Waals surface area contributed by atoms with E-state index in [9.17, 15) is 9.90 Å². The highest BCUT2D eigenvalue weighted by molar-refractivity contribution is 6.19. The summed E-state index contributed by atoms with van der Waals surface area (Å²) in [5, 5.41) is 14.4. The van der Waals surface area contributed by atoms with Crippen molar-refractivity contribution in [2.24, 2.45) is 4.99 Å². The number of hydrogen-bond acceptors (Lipinski definition) is 5. The maximum absolute atomic E-state index is 11.3. The van der Waals surface area contributed by atoms with Crippen molar-refractivity contribution in [2.75, 3.05) is 34.3 Å². The molecule has 1 aliphatic rings. The molecule has 2 heterocycles. The maximum Gasteiger partial charge on any atom is 0.260 e. The maximum atomic E-state index is 11.3. The summed E-state index contributed by atoms with van der Waals surface area (Å²) in [6.07, 6.45) is 5.80. The number of likely N-dealkylation sites (N-methyl/N-ethyl adjacent to an activating group) is 1. The Morgan fingerprint density at radius 3 is 2.80 bits per heavy atom. The molecular weight excluding hydrogens is 320 g/mol. The van der Waals surface area contributed by atoms with Crippen molar-refractivity contribution < 1.29 is 19.1 Å². The highest BCUT2D eigenvalue weighted by atomic mass is 16.5. The standard InChI is InChI=1S/C18H20N4O3/c1-22(2,3)10-11-25-18-17(15-6-4-5-9-21(15)20-18)19-14-8-7-13(23)12-16(14)24/h4-9,12H,10-11H2,1-3H3/p+1. The van der Waals surface area contributed by atoms with Crippen molar-refractivity contribution in [3.05, 3.63) is 48.4 Å². The molecule has 0 radical (unpaired) electrons. The van der Waals surface area contributed by atoms with Crippen molar-refractivity contribution in [1.82, 2.24) is 9.61 Å². The Balaban J connectivity index is 1.98. The zero-order chi connectivity index (χ0) is 18.0. The summed E-state index contributed by atoms with van der Waals surface area (Å²) < 4.78 is 8.30. The second-order valence-electron chi connectivity index (χ2n) is 6.81. The molecule has 7 nitrogen and oxygen atoms in total. The molecule has 2 aromatic rings. The first-order valence-corrected chi connectivity index (χ1v) is 7.96. The number of allylic oxidation sites excluding steroid dienone is 3. The van der Waals surface area contributed by atoms with Crippen LogP contribution in [0.5, 0.6) is 5.88 Å². The molecule has 2 aromatic heterocycles. The molecule has 7 heteroatoms. The van der Waals surface area contributed by atoms with Gasteiger partial charge in [-0.05, 0) is 24.3 Å². The number of nitrogens with zero attached hydrogens (tertiary/aromatic N) is 4. The number of aromatic nitrogens is 2. The summed E-state index contributed by atoms with van der Waals surface area (Å²) in [6.45, 7) is 1.30. The fraction of sp³-hybridized carbons (Fsp3) is 0.278. The van der Waals surface area contributed by atoms with Crippen LogP contribution in [0.1, 0.15) is 0 Å². The van der Waals surface area contributed by atoms with Gasteiger partial charge in [0.1, 0.15) is 24.6 Å². The van der Waals surface area contributed by atoms with E-state index >= 15 is 0 Å². The van der Waals surface area contributed by atoms with Gasteiger partial charge in [0.25, 0.3) is 5.88 Å². The van der Waals surface area contributed by atoms with Gasteiger partial charge in [-0.2, -0.15) is 0 Å². The number of aliphatic imine (C=N–C) groups is 1. The van der Waals surface area contributed by atoms with E-state index in [2.05, 4.69) is 31.2 Å². The Morgan fingerprint density at radius 1 is 1.28 bits per heavy atom. The van der Waals surface area contributed by atoms with Crippen molar-refractivity contribution in [1.29, 1.82) is 0 Å². The van der Waals surface area contributed by atoms with Crippen molar-refractivity contribution >= 4 is 22.7 Å². The number of rotatable bonds is 5. The second kappa shape index (κ2) is 6.52. The largest absolute Gasteiger partial charge is 0.506 e. The highest BCUT2D eigenvalue weighted by Crippen LogP contribution is 2.32. The number of carbonyl (C=O) groups is 1. The molecule has 0 bridgehead atoms. The molecule has 0 atom stereocenters. The molecule has 0 saturated heterocycles. The average molecular weight is 341 g/mol. The summed E-state index contributed by atoms with van der Waals surface area (Å²) in [5.41, 5.74) is 1.58. The lowest BCUT2D eigenvalue weighted by atomic mass is 10.1. The van der Waals surface area contributed by atoms with Gasteiger partial charge in [-0.15, -0.1) is 5.10 Å². The highest BCUT2D eigenvalue weighted by Gasteiger charge is 2.18. The van der Waals surface area contributed by atoms with Crippen LogP contribution >= 0.6 is 0 Å². The van der Waals surface area contributed by atoms with Gasteiger partial charge in [-0.3, -0.25) is 4.79 Å². The monoisotopic (exact) mass is 341 g/mol. The first-order chi connectivity index (χ1) is 11.8. The summed E-state index contributed by atoms with van der Waals surface area (Å²) in [7, 11) is 6.25. The number of fused-ring (bicyclic) bond motifs is 1. The second-order valence-corrected chi connectivity index (χ2v) is 6.81. The average Bonchev–Trinajstić information content (AvgIpc) is 2.87. The number of ketones is 1. The number of ether oxygens (including phenoxy) is 1. The third-order valence-corrected chi connectivity index (χ3v) is 3.66. The number of aliphatic hydroxyl groups is 1. The fourth-order valence-electron chi connectivity index (χ4n) is 2.30. The van der Waals surface area contributed by atoms with Gasteiger partial charge in [0.15, 0.2) is 11.5 Å². The number of pyridine rings is 1. The van der Waals surface area contributed by atoms with Gasteiger partial charge >= 0.3 is 0 Å². The molecule has 0 fully saturated rings. The lowest BCUT2D eigenvalue weighted by molar-refractivity contribution is -0.870. The Kier molecular flexibility index (Phi) is 4.41. The third-order valence-electron chi connectivity index (χ3n) is 3.66. The molecule has 0 unspecified atom stereocenters. The molecule has 0 saturated carbocycles. The van der Waals surface area contributed by atoms with Gasteiger partial charge in [0.05, 0.1) is 26.7 Å². The minimum atomic E-state index is -0.268. The Morgan fingerprint density at radius 2 is 2.08 bits per heavy atom. The lowest BCUT2D eigenvalue weighted by Crippen LogP contribution is -2.38. The van der Waals surface area contributed by atoms with E-state index in [1.54, 1.807) is 4.52 Å². The van der Waals surface area contributed by atoms with Gasteiger partial charge in [-0.25, -0.2) is 9.51 Å². The van der Waals surface area contributed by atoms with Gasteiger partial charge < -0.3 is 14.3 Å². The molecule has 1 N–H and O–H groups in total. The molecule has 1 aliphatic carbocycles. The van der Waals surface area contributed by atoms with E-state index < -0.39 is 0 Å². The van der Waals surface area contributed by atoms with Crippen LogP contribution in [0.4, 0.5) is 5.69 Å². The van der Waals surface area contributed by atoms with E-state index in [1.165, 1.54) is 12.2 Å². The minimum absolute atomic E-state index is 0.167. The van der Waals surface area contributed by atoms with Crippen LogP contribution in [-0.4, -0.2) is 65.0 Å². The van der Waals surface area contributed by atoms with Gasteiger partial charge in [0.2, 0.25) is 0 Å². The molecule has 25 heavy (non-hydrogen) atoms. The zero-order valence-electron chi connectivity index (χ0n) is 14.5. The van der Waals surface area contributed by atoms with E-state index in [4.69, 9.17) is 4.74 Å². The number of carbonyl (C=O) groups excluding carboxylic acids is 1. The Bertz CT molecular complexity index is 901. The van der Waals surface area contributed by atoms with Gasteiger partial charge in [-0.1, -0.05) is 6.07 Å². The quantitative estimate of drug-likeness (QED) is 0.667. The van der Waals surface area contributed by atoms with Crippen LogP contribution in [0.2, 0.25) is 0 Å². The zero-order valence-corrected chi connectivity index (χ0v) is 14.5. The first kappa shape index (κ1) is 16.9. The molecule has 3 rings (SSSR count). The van der Waals surface area contributed by atoms with Gasteiger partial charge in [0, 0.05) is 12.3 Å². The first-order valence-electron chi connectivity index (χ1n) is 7.96. The van der Waals surface area contributed by atoms with Crippen molar-refractivity contribution in [3.63, 3.8) is 0 Å². The molecule has 0 amide bonds. The van der Waals surface area contributed by atoms with Crippen molar-refractivity contribution in [3.8, 4) is 5.88 Å². The normalized spacial score (nSPS) is 16.5. The molecule has 0 aliphatic heterocycles. The summed E-state index contributed by atoms with van der Waals surface area (Å²) in [5.74, 6) is -0.0407. The van der Waals surface area contributed by atoms with Crippen LogP contribution < -0.4 is 4.74 Å². The topological polar surface area (TPSA) is 76.2 Å². The predicted molar refractivity (Wildman–Crippen MR) is 95.5 cm³/mol. The lowest BCUT2D eigenvalue weighted by Gasteiger charge is -2.23. The molecule has 0 aromatic carbocycles. The summed E-state index contributed by atoms with van der Waals surface area (Å²) >= 11 is 0. The number of aliphatic hydroxyl groups excluding tert-OH is 1. The van der Waals surface area contributed by atoms with Crippen LogP contribution in [0.25, 0.3) is 5.52 Å². The van der Waals surface area contributed by atoms with Crippen LogP contribution in [0.3, 0.4) is 0 Å². The van der Waals surface area contributed by atoms with Crippen LogP contribution in [-0.2, 0) is 4.79 Å². The fourth-order valence-corrected chi connectivity index (χ4v) is 2.30.